The molecule has 0 spiro atoms. The molecule has 1 aromatic carbocycles. The van der Waals surface area contributed by atoms with Crippen LogP contribution in [0.2, 0.25) is 0 Å². The number of nitrogens with two attached hydrogens (primary N) is 1. The van der Waals surface area contributed by atoms with Crippen LogP contribution in [0.25, 0.3) is 0 Å². The highest BCUT2D eigenvalue weighted by Crippen LogP contribution is 2.25. The average molecular weight is 211 g/mol. The van der Waals surface area contributed by atoms with Gasteiger partial charge < -0.3 is 10.3 Å². The van der Waals surface area contributed by atoms with Crippen LogP contribution >= 0.6 is 0 Å². The van der Waals surface area contributed by atoms with Crippen molar-refractivity contribution in [3.63, 3.8) is 0 Å². The Hall–Kier alpha value is -2.03. The van der Waals surface area contributed by atoms with Crippen molar-refractivity contribution in [1.82, 2.24) is 4.57 Å². The largest absolute Gasteiger partial charge is 0.382 e. The van der Waals surface area contributed by atoms with E-state index in [1.54, 1.807) is 0 Å². The molecule has 0 amide bonds. The lowest BCUT2D eigenvalue weighted by Crippen LogP contribution is -2.16. The first kappa shape index (κ1) is 9.21. The van der Waals surface area contributed by atoms with E-state index in [2.05, 4.69) is 28.6 Å². The molecule has 0 aliphatic carbocycles. The summed E-state index contributed by atoms with van der Waals surface area (Å²) < 4.78 is 2.13. The van der Waals surface area contributed by atoms with Crippen LogP contribution in [0.15, 0.2) is 41.5 Å². The van der Waals surface area contributed by atoms with Crippen LogP contribution in [-0.4, -0.2) is 10.4 Å². The summed E-state index contributed by atoms with van der Waals surface area (Å²) in [7, 11) is 0. The van der Waals surface area contributed by atoms with Crippen molar-refractivity contribution in [3.05, 3.63) is 53.3 Å². The molecule has 0 fully saturated rings. The third-order valence-corrected chi connectivity index (χ3v) is 2.91. The number of fused-ring (bicyclic) bond motifs is 2. The number of hydrogen-bond donors (Lipinski definition) is 1. The Bertz CT molecular complexity index is 579. The van der Waals surface area contributed by atoms with Gasteiger partial charge in [-0.05, 0) is 30.7 Å². The van der Waals surface area contributed by atoms with Crippen LogP contribution in [0.4, 0.5) is 5.69 Å². The topological polar surface area (TPSA) is 43.3 Å². The van der Waals surface area contributed by atoms with Crippen LogP contribution in [0, 0.1) is 6.92 Å². The number of aryl methyl sites for hydroxylation is 1. The van der Waals surface area contributed by atoms with Gasteiger partial charge in [0.2, 0.25) is 0 Å². The average Bonchev–Trinajstić information content (AvgIpc) is 2.65. The Morgan fingerprint density at radius 2 is 2.19 bits per heavy atom. The number of amidine groups is 1. The van der Waals surface area contributed by atoms with Crippen LogP contribution in [0.1, 0.15) is 16.8 Å². The summed E-state index contributed by atoms with van der Waals surface area (Å²) in [5, 5.41) is 0. The van der Waals surface area contributed by atoms with Gasteiger partial charge in [0.1, 0.15) is 5.84 Å². The Morgan fingerprint density at radius 3 is 3.06 bits per heavy atom. The van der Waals surface area contributed by atoms with E-state index in [1.807, 2.05) is 24.4 Å². The maximum Gasteiger partial charge on any atom is 0.148 e. The molecule has 0 unspecified atom stereocenters. The zero-order valence-corrected chi connectivity index (χ0v) is 9.14. The van der Waals surface area contributed by atoms with Gasteiger partial charge in [-0.3, -0.25) is 0 Å². The highest BCUT2D eigenvalue weighted by Gasteiger charge is 2.13. The Morgan fingerprint density at radius 1 is 1.31 bits per heavy atom. The highest BCUT2D eigenvalue weighted by atomic mass is 15.0. The fraction of sp³-hybridized carbons (Fsp3) is 0.154. The van der Waals surface area contributed by atoms with E-state index >= 15 is 0 Å². The van der Waals surface area contributed by atoms with E-state index < -0.39 is 0 Å². The van der Waals surface area contributed by atoms with Crippen LogP contribution in [0.5, 0.6) is 0 Å². The smallest absolute Gasteiger partial charge is 0.148 e. The monoisotopic (exact) mass is 211 g/mol. The summed E-state index contributed by atoms with van der Waals surface area (Å²) in [6.45, 7) is 2.93. The number of benzene rings is 1. The molecule has 0 saturated heterocycles. The molecule has 0 saturated carbocycles. The molecule has 3 rings (SSSR count). The van der Waals surface area contributed by atoms with Gasteiger partial charge in [0, 0.05) is 12.7 Å². The lowest BCUT2D eigenvalue weighted by molar-refractivity contribution is 0.803. The van der Waals surface area contributed by atoms with Crippen molar-refractivity contribution < 1.29 is 0 Å². The van der Waals surface area contributed by atoms with E-state index in [-0.39, 0.29) is 0 Å². The van der Waals surface area contributed by atoms with Crippen LogP contribution < -0.4 is 5.73 Å². The molecule has 3 nitrogen and oxygen atoms in total. The molecule has 0 radical (unpaired) electrons. The summed E-state index contributed by atoms with van der Waals surface area (Å²) in [5.74, 6) is 0.590. The molecule has 0 bridgehead atoms. The third-order valence-electron chi connectivity index (χ3n) is 2.91. The van der Waals surface area contributed by atoms with Gasteiger partial charge in [-0.1, -0.05) is 17.7 Å². The first-order chi connectivity index (χ1) is 7.74. The molecule has 1 aliphatic heterocycles. The van der Waals surface area contributed by atoms with E-state index in [4.69, 9.17) is 5.73 Å². The van der Waals surface area contributed by atoms with Gasteiger partial charge in [0.15, 0.2) is 0 Å². The molecule has 3 heteroatoms. The van der Waals surface area contributed by atoms with Gasteiger partial charge >= 0.3 is 0 Å². The predicted octanol–water partition coefficient (Wildman–Crippen LogP) is 2.20. The summed E-state index contributed by atoms with van der Waals surface area (Å²) in [6, 6.07) is 10.3. The molecule has 2 N–H and O–H groups in total. The zero-order valence-electron chi connectivity index (χ0n) is 9.14. The Labute approximate surface area is 94.2 Å². The lowest BCUT2D eigenvalue weighted by atomic mass is 10.1. The van der Waals surface area contributed by atoms with E-state index in [0.29, 0.717) is 5.84 Å². The molecule has 80 valence electrons. The van der Waals surface area contributed by atoms with E-state index in [9.17, 15) is 0 Å². The molecule has 2 aromatic rings. The summed E-state index contributed by atoms with van der Waals surface area (Å²) in [6.07, 6.45) is 2.04. The number of hydrogen-bond acceptors (Lipinski definition) is 2. The Kier molecular flexibility index (Phi) is 1.86. The minimum atomic E-state index is 0.590. The van der Waals surface area contributed by atoms with Gasteiger partial charge in [-0.25, -0.2) is 4.99 Å². The van der Waals surface area contributed by atoms with Crippen molar-refractivity contribution >= 4 is 11.5 Å². The maximum absolute atomic E-state index is 5.97. The number of nitrogens with zero attached hydrogens (tertiary/aromatic N) is 2. The first-order valence-electron chi connectivity index (χ1n) is 5.33. The highest BCUT2D eigenvalue weighted by molar-refractivity contribution is 5.98. The van der Waals surface area contributed by atoms with Crippen molar-refractivity contribution in [1.29, 1.82) is 0 Å². The minimum absolute atomic E-state index is 0.590. The quantitative estimate of drug-likeness (QED) is 0.713. The minimum Gasteiger partial charge on any atom is -0.382 e. The van der Waals surface area contributed by atoms with E-state index in [1.165, 1.54) is 11.1 Å². The number of rotatable bonds is 0. The van der Waals surface area contributed by atoms with Gasteiger partial charge in [0.25, 0.3) is 0 Å². The second kappa shape index (κ2) is 3.23. The zero-order chi connectivity index (χ0) is 11.1. The van der Waals surface area contributed by atoms with Crippen molar-refractivity contribution in [3.8, 4) is 0 Å². The van der Waals surface area contributed by atoms with Crippen molar-refractivity contribution in [2.75, 3.05) is 0 Å². The van der Waals surface area contributed by atoms with Crippen LogP contribution in [-0.2, 0) is 6.54 Å². The molecule has 2 heterocycles. The molecule has 1 aliphatic rings. The fourth-order valence-electron chi connectivity index (χ4n) is 2.11. The van der Waals surface area contributed by atoms with Crippen LogP contribution in [0.3, 0.4) is 0 Å². The summed E-state index contributed by atoms with van der Waals surface area (Å²) in [5.41, 5.74) is 10.4. The third kappa shape index (κ3) is 1.33. The molecular formula is C13H13N3. The Balaban J connectivity index is 2.23. The van der Waals surface area contributed by atoms with Gasteiger partial charge in [-0.2, -0.15) is 0 Å². The van der Waals surface area contributed by atoms with Crippen molar-refractivity contribution in [2.24, 2.45) is 10.7 Å². The molecular weight excluding hydrogens is 198 g/mol. The normalized spacial score (nSPS) is 13.7. The summed E-state index contributed by atoms with van der Waals surface area (Å²) in [4.78, 5) is 4.47. The lowest BCUT2D eigenvalue weighted by Gasteiger charge is -2.06. The van der Waals surface area contributed by atoms with E-state index in [0.717, 1.165) is 17.9 Å². The maximum atomic E-state index is 5.97. The van der Waals surface area contributed by atoms with Gasteiger partial charge in [0.05, 0.1) is 11.4 Å². The molecule has 0 atom stereocenters. The standard InChI is InChI=1S/C13H13N3/c1-9-4-5-11-10(7-9)8-16-6-2-3-12(16)13(14)15-11/h2-7H,8H2,1H3,(H2,14,15). The first-order valence-corrected chi connectivity index (χ1v) is 5.33. The predicted molar refractivity (Wildman–Crippen MR) is 65.1 cm³/mol. The summed E-state index contributed by atoms with van der Waals surface area (Å²) >= 11 is 0. The molecule has 1 aromatic heterocycles. The number of aliphatic imine (C=N–C) groups is 1. The number of aromatic nitrogens is 1. The van der Waals surface area contributed by atoms with Gasteiger partial charge in [-0.15, -0.1) is 0 Å². The fourth-order valence-corrected chi connectivity index (χ4v) is 2.11. The second-order valence-electron chi connectivity index (χ2n) is 4.15. The molecule has 16 heavy (non-hydrogen) atoms. The SMILES string of the molecule is Cc1ccc2c(c1)Cn1cccc1C(N)=N2. The second-order valence-corrected chi connectivity index (χ2v) is 4.15. The van der Waals surface area contributed by atoms with Crippen molar-refractivity contribution in [2.45, 2.75) is 13.5 Å².